The molecule has 0 fully saturated rings. The number of hydrogen-bond donors (Lipinski definition) is 0. The molecular weight excluding hydrogens is 154 g/mol. The number of hydrogen-bond acceptors (Lipinski definition) is 3. The van der Waals surface area contributed by atoms with Crippen LogP contribution in [0.2, 0.25) is 0 Å². The highest BCUT2D eigenvalue weighted by Gasteiger charge is 2.04. The molecule has 0 saturated heterocycles. The van der Waals surface area contributed by atoms with Crippen molar-refractivity contribution in [3.8, 4) is 0 Å². The Morgan fingerprint density at radius 1 is 1.58 bits per heavy atom. The molecule has 2 rings (SSSR count). The van der Waals surface area contributed by atoms with E-state index in [-0.39, 0.29) is 0 Å². The number of carbonyl (C=O) groups excluding carboxylic acids is 1. The van der Waals surface area contributed by atoms with Crippen molar-refractivity contribution in [3.05, 3.63) is 29.8 Å². The number of furan rings is 1. The Morgan fingerprint density at radius 2 is 2.42 bits per heavy atom. The molecule has 60 valence electrons. The van der Waals surface area contributed by atoms with Gasteiger partial charge in [0.25, 0.3) is 0 Å². The van der Waals surface area contributed by atoms with Crippen molar-refractivity contribution in [2.24, 2.45) is 0 Å². The fraction of sp³-hybridized carbons (Fsp3) is 0.111. The normalized spacial score (nSPS) is 10.4. The maximum Gasteiger partial charge on any atom is 0.185 e. The fourth-order valence-electron chi connectivity index (χ4n) is 1.18. The van der Waals surface area contributed by atoms with E-state index in [0.29, 0.717) is 17.6 Å². The van der Waals surface area contributed by atoms with E-state index in [1.165, 1.54) is 0 Å². The van der Waals surface area contributed by atoms with Gasteiger partial charge in [-0.2, -0.15) is 0 Å². The van der Waals surface area contributed by atoms with Crippen molar-refractivity contribution < 1.29 is 9.21 Å². The van der Waals surface area contributed by atoms with Gasteiger partial charge in [0.2, 0.25) is 0 Å². The fourth-order valence-corrected chi connectivity index (χ4v) is 1.18. The van der Waals surface area contributed by atoms with Crippen molar-refractivity contribution in [2.45, 2.75) is 6.92 Å². The molecule has 0 aliphatic rings. The Hall–Kier alpha value is -1.64. The average molecular weight is 161 g/mol. The average Bonchev–Trinajstić information content (AvgIpc) is 2.49. The molecule has 3 nitrogen and oxygen atoms in total. The minimum atomic E-state index is 0.348. The molecule has 2 aromatic rings. The van der Waals surface area contributed by atoms with Crippen LogP contribution in [0, 0.1) is 6.92 Å². The Labute approximate surface area is 69.0 Å². The lowest BCUT2D eigenvalue weighted by atomic mass is 10.2. The van der Waals surface area contributed by atoms with Gasteiger partial charge in [-0.15, -0.1) is 0 Å². The number of aryl methyl sites for hydroxylation is 1. The molecule has 0 aliphatic carbocycles. The largest absolute Gasteiger partial charge is 0.453 e. The zero-order valence-electron chi connectivity index (χ0n) is 6.57. The highest BCUT2D eigenvalue weighted by Crippen LogP contribution is 2.19. The molecular formula is C9H7NO2. The van der Waals surface area contributed by atoms with Crippen molar-refractivity contribution in [3.63, 3.8) is 0 Å². The second kappa shape index (κ2) is 2.44. The van der Waals surface area contributed by atoms with Crippen molar-refractivity contribution >= 4 is 17.3 Å². The Balaban J connectivity index is 2.82. The minimum absolute atomic E-state index is 0.348. The lowest BCUT2D eigenvalue weighted by molar-refractivity contribution is 0.110. The molecule has 0 N–H and O–H groups in total. The lowest BCUT2D eigenvalue weighted by Gasteiger charge is -1.89. The van der Waals surface area contributed by atoms with Crippen LogP contribution in [-0.2, 0) is 0 Å². The van der Waals surface area contributed by atoms with E-state index in [4.69, 9.17) is 4.42 Å². The Bertz CT molecular complexity index is 431. The molecule has 0 aliphatic heterocycles. The van der Waals surface area contributed by atoms with Crippen LogP contribution < -0.4 is 0 Å². The zero-order valence-corrected chi connectivity index (χ0v) is 6.57. The summed E-state index contributed by atoms with van der Waals surface area (Å²) in [6.45, 7) is 1.88. The number of fused-ring (bicyclic) bond motifs is 1. The molecule has 0 unspecified atom stereocenters. The number of pyridine rings is 1. The van der Waals surface area contributed by atoms with Crippen LogP contribution in [0.5, 0.6) is 0 Å². The number of aromatic nitrogens is 1. The van der Waals surface area contributed by atoms with Crippen molar-refractivity contribution in [1.82, 2.24) is 4.98 Å². The van der Waals surface area contributed by atoms with E-state index in [1.54, 1.807) is 18.3 Å². The van der Waals surface area contributed by atoms with Gasteiger partial charge in [0.05, 0.1) is 0 Å². The topological polar surface area (TPSA) is 43.1 Å². The molecule has 12 heavy (non-hydrogen) atoms. The number of nitrogens with zero attached hydrogens (tertiary/aromatic N) is 1. The first-order valence-electron chi connectivity index (χ1n) is 3.61. The van der Waals surface area contributed by atoms with E-state index in [9.17, 15) is 4.79 Å². The van der Waals surface area contributed by atoms with Crippen LogP contribution in [0.3, 0.4) is 0 Å². The van der Waals surface area contributed by atoms with E-state index in [2.05, 4.69) is 4.98 Å². The first-order valence-corrected chi connectivity index (χ1v) is 3.61. The molecule has 2 heterocycles. The summed E-state index contributed by atoms with van der Waals surface area (Å²) in [5.41, 5.74) is 1.59. The predicted molar refractivity (Wildman–Crippen MR) is 44.1 cm³/mol. The van der Waals surface area contributed by atoms with Gasteiger partial charge in [-0.25, -0.2) is 0 Å². The predicted octanol–water partition coefficient (Wildman–Crippen LogP) is 1.95. The van der Waals surface area contributed by atoms with Crippen LogP contribution in [0.15, 0.2) is 22.7 Å². The summed E-state index contributed by atoms with van der Waals surface area (Å²) >= 11 is 0. The van der Waals surface area contributed by atoms with Crippen LogP contribution >= 0.6 is 0 Å². The number of aldehydes is 1. The first-order chi connectivity index (χ1) is 5.81. The van der Waals surface area contributed by atoms with Crippen LogP contribution in [0.25, 0.3) is 11.0 Å². The van der Waals surface area contributed by atoms with Gasteiger partial charge in [-0.1, -0.05) is 0 Å². The standard InChI is InChI=1S/C9H7NO2/c1-6-8-4-7(5-11)12-9(8)2-3-10-6/h2-5H,1H3. The molecule has 0 bridgehead atoms. The Morgan fingerprint density at radius 3 is 3.08 bits per heavy atom. The van der Waals surface area contributed by atoms with Gasteiger partial charge in [-0.3, -0.25) is 9.78 Å². The number of rotatable bonds is 1. The maximum atomic E-state index is 10.4. The summed E-state index contributed by atoms with van der Waals surface area (Å²) < 4.78 is 5.19. The maximum absolute atomic E-state index is 10.4. The smallest absolute Gasteiger partial charge is 0.185 e. The van der Waals surface area contributed by atoms with E-state index in [0.717, 1.165) is 11.1 Å². The number of carbonyl (C=O) groups is 1. The molecule has 0 amide bonds. The van der Waals surface area contributed by atoms with Crippen LogP contribution in [-0.4, -0.2) is 11.3 Å². The van der Waals surface area contributed by atoms with Crippen molar-refractivity contribution in [2.75, 3.05) is 0 Å². The highest BCUT2D eigenvalue weighted by atomic mass is 16.3. The summed E-state index contributed by atoms with van der Waals surface area (Å²) in [7, 11) is 0. The molecule has 2 aromatic heterocycles. The third-order valence-corrected chi connectivity index (χ3v) is 1.78. The molecule has 0 radical (unpaired) electrons. The van der Waals surface area contributed by atoms with Gasteiger partial charge < -0.3 is 4.42 Å². The second-order valence-corrected chi connectivity index (χ2v) is 2.57. The summed E-state index contributed by atoms with van der Waals surface area (Å²) in [6, 6.07) is 3.44. The van der Waals surface area contributed by atoms with Gasteiger partial charge >= 0.3 is 0 Å². The molecule has 0 spiro atoms. The van der Waals surface area contributed by atoms with E-state index < -0.39 is 0 Å². The third kappa shape index (κ3) is 0.906. The van der Waals surface area contributed by atoms with Crippen LogP contribution in [0.1, 0.15) is 16.2 Å². The summed E-state index contributed by atoms with van der Waals surface area (Å²) in [5, 5.41) is 0.902. The van der Waals surface area contributed by atoms with Gasteiger partial charge in [0.1, 0.15) is 5.58 Å². The molecule has 0 saturated carbocycles. The van der Waals surface area contributed by atoms with E-state index >= 15 is 0 Å². The van der Waals surface area contributed by atoms with Gasteiger partial charge in [0.15, 0.2) is 12.0 Å². The van der Waals surface area contributed by atoms with Crippen LogP contribution in [0.4, 0.5) is 0 Å². The van der Waals surface area contributed by atoms with Gasteiger partial charge in [-0.05, 0) is 19.1 Å². The zero-order chi connectivity index (χ0) is 8.55. The molecule has 0 aromatic carbocycles. The Kier molecular flexibility index (Phi) is 1.43. The monoisotopic (exact) mass is 161 g/mol. The van der Waals surface area contributed by atoms with E-state index in [1.807, 2.05) is 6.92 Å². The van der Waals surface area contributed by atoms with Gasteiger partial charge in [0, 0.05) is 17.3 Å². The summed E-state index contributed by atoms with van der Waals surface area (Å²) in [4.78, 5) is 14.5. The molecule has 3 heteroatoms. The summed E-state index contributed by atoms with van der Waals surface area (Å²) in [5.74, 6) is 0.348. The SMILES string of the molecule is Cc1nccc2oc(C=O)cc12. The first kappa shape index (κ1) is 7.03. The van der Waals surface area contributed by atoms with Crippen molar-refractivity contribution in [1.29, 1.82) is 0 Å². The second-order valence-electron chi connectivity index (χ2n) is 2.57. The quantitative estimate of drug-likeness (QED) is 0.600. The minimum Gasteiger partial charge on any atom is -0.453 e. The lowest BCUT2D eigenvalue weighted by Crippen LogP contribution is -1.77. The summed E-state index contributed by atoms with van der Waals surface area (Å²) in [6.07, 6.45) is 2.36. The highest BCUT2D eigenvalue weighted by molar-refractivity contribution is 5.86. The molecule has 0 atom stereocenters. The third-order valence-electron chi connectivity index (χ3n) is 1.78.